The van der Waals surface area contributed by atoms with E-state index in [4.69, 9.17) is 0 Å². The fourth-order valence-corrected chi connectivity index (χ4v) is 3.44. The van der Waals surface area contributed by atoms with E-state index in [2.05, 4.69) is 10.3 Å². The lowest BCUT2D eigenvalue weighted by molar-refractivity contribution is -0.121. The fraction of sp³-hybridized carbons (Fsp3) is 0.462. The van der Waals surface area contributed by atoms with Crippen molar-refractivity contribution in [2.24, 2.45) is 0 Å². The van der Waals surface area contributed by atoms with Crippen LogP contribution in [0.3, 0.4) is 0 Å². The highest BCUT2D eigenvalue weighted by molar-refractivity contribution is 7.94. The first kappa shape index (κ1) is 15.4. The molecule has 0 saturated heterocycles. The van der Waals surface area contributed by atoms with Crippen LogP contribution in [0.4, 0.5) is 0 Å². The van der Waals surface area contributed by atoms with Crippen LogP contribution in [0, 0.1) is 13.8 Å². The predicted molar refractivity (Wildman–Crippen MR) is 77.4 cm³/mol. The lowest BCUT2D eigenvalue weighted by Crippen LogP contribution is -2.36. The third kappa shape index (κ3) is 4.01. The van der Waals surface area contributed by atoms with Crippen molar-refractivity contribution in [2.75, 3.05) is 5.75 Å². The van der Waals surface area contributed by atoms with Gasteiger partial charge in [-0.3, -0.25) is 9.36 Å². The maximum atomic E-state index is 11.8. The molecule has 0 bridgehead atoms. The van der Waals surface area contributed by atoms with E-state index in [0.29, 0.717) is 5.69 Å². The van der Waals surface area contributed by atoms with Crippen LogP contribution in [-0.2, 0) is 21.2 Å². The van der Waals surface area contributed by atoms with Crippen LogP contribution in [0.5, 0.6) is 0 Å². The summed E-state index contributed by atoms with van der Waals surface area (Å²) in [6.07, 6.45) is 1.55. The molecule has 8 heteroatoms. The maximum absolute atomic E-state index is 11.8. The minimum Gasteiger partial charge on any atom is -0.349 e. The van der Waals surface area contributed by atoms with Crippen molar-refractivity contribution in [2.45, 2.75) is 32.9 Å². The van der Waals surface area contributed by atoms with Crippen molar-refractivity contribution in [3.05, 3.63) is 39.4 Å². The van der Waals surface area contributed by atoms with Gasteiger partial charge >= 0.3 is 5.69 Å². The second kappa shape index (κ2) is 5.80. The molecular weight excluding hydrogens is 294 g/mol. The molecule has 0 aliphatic carbocycles. The Morgan fingerprint density at radius 3 is 2.76 bits per heavy atom. The van der Waals surface area contributed by atoms with Gasteiger partial charge in [0, 0.05) is 29.8 Å². The van der Waals surface area contributed by atoms with Crippen LogP contribution in [0.1, 0.15) is 17.8 Å². The van der Waals surface area contributed by atoms with Crippen LogP contribution in [0.2, 0.25) is 0 Å². The quantitative estimate of drug-likeness (QED) is 0.821. The summed E-state index contributed by atoms with van der Waals surface area (Å²) in [5.41, 5.74) is 0.992. The smallest absolute Gasteiger partial charge is 0.347 e. The van der Waals surface area contributed by atoms with Crippen molar-refractivity contribution < 1.29 is 13.2 Å². The summed E-state index contributed by atoms with van der Waals surface area (Å²) in [7, 11) is -3.19. The molecule has 0 fully saturated rings. The number of nitrogens with zero attached hydrogens (tertiary/aromatic N) is 2. The van der Waals surface area contributed by atoms with E-state index in [-0.39, 0.29) is 30.3 Å². The largest absolute Gasteiger partial charge is 0.349 e. The number of carbonyl (C=O) groups excluding carboxylic acids is 1. The molecule has 21 heavy (non-hydrogen) atoms. The normalized spacial score (nSPS) is 19.6. The van der Waals surface area contributed by atoms with Gasteiger partial charge in [-0.1, -0.05) is 0 Å². The zero-order valence-corrected chi connectivity index (χ0v) is 12.7. The van der Waals surface area contributed by atoms with E-state index >= 15 is 0 Å². The molecule has 1 aromatic rings. The molecule has 0 saturated carbocycles. The number of rotatable bonds is 4. The zero-order valence-electron chi connectivity index (χ0n) is 11.9. The molecule has 114 valence electrons. The molecule has 2 heterocycles. The Bertz CT molecular complexity index is 749. The highest BCUT2D eigenvalue weighted by Gasteiger charge is 2.22. The second-order valence-corrected chi connectivity index (χ2v) is 6.99. The highest BCUT2D eigenvalue weighted by Crippen LogP contribution is 2.08. The van der Waals surface area contributed by atoms with Gasteiger partial charge < -0.3 is 5.32 Å². The summed E-state index contributed by atoms with van der Waals surface area (Å²) >= 11 is 0. The molecule has 2 rings (SSSR count). The van der Waals surface area contributed by atoms with E-state index in [1.807, 2.05) is 0 Å². The van der Waals surface area contributed by atoms with Crippen LogP contribution in [0.15, 0.2) is 22.3 Å². The molecule has 1 aliphatic rings. The molecule has 7 nitrogen and oxygen atoms in total. The number of hydrogen-bond donors (Lipinski definition) is 1. The molecule has 1 amide bonds. The first-order valence-corrected chi connectivity index (χ1v) is 8.24. The lowest BCUT2D eigenvalue weighted by Gasteiger charge is -2.12. The molecule has 0 spiro atoms. The summed E-state index contributed by atoms with van der Waals surface area (Å²) in [4.78, 5) is 27.3. The Morgan fingerprint density at radius 2 is 2.19 bits per heavy atom. The van der Waals surface area contributed by atoms with Crippen molar-refractivity contribution in [1.29, 1.82) is 0 Å². The highest BCUT2D eigenvalue weighted by atomic mass is 32.2. The first-order chi connectivity index (χ1) is 9.77. The summed E-state index contributed by atoms with van der Waals surface area (Å²) in [6.45, 7) is 3.73. The molecule has 1 aromatic heterocycles. The van der Waals surface area contributed by atoms with Crippen LogP contribution < -0.4 is 11.0 Å². The van der Waals surface area contributed by atoms with E-state index < -0.39 is 15.9 Å². The van der Waals surface area contributed by atoms with Gasteiger partial charge in [0.25, 0.3) is 0 Å². The van der Waals surface area contributed by atoms with Gasteiger partial charge in [-0.2, -0.15) is 4.98 Å². The minimum atomic E-state index is -3.19. The van der Waals surface area contributed by atoms with Crippen molar-refractivity contribution >= 4 is 15.7 Å². The molecular formula is C13H17N3O4S. The van der Waals surface area contributed by atoms with Crippen LogP contribution in [-0.4, -0.2) is 35.7 Å². The molecule has 0 radical (unpaired) electrons. The van der Waals surface area contributed by atoms with E-state index in [1.54, 1.807) is 19.9 Å². The number of nitrogens with one attached hydrogen (secondary N) is 1. The van der Waals surface area contributed by atoms with Crippen molar-refractivity contribution in [3.8, 4) is 0 Å². The zero-order chi connectivity index (χ0) is 15.6. The van der Waals surface area contributed by atoms with Crippen LogP contribution in [0.25, 0.3) is 0 Å². The molecule has 1 aliphatic heterocycles. The Labute approximate surface area is 122 Å². The van der Waals surface area contributed by atoms with E-state index in [0.717, 1.165) is 11.1 Å². The Hall–Kier alpha value is -1.96. The second-order valence-electron chi connectivity index (χ2n) is 5.06. The van der Waals surface area contributed by atoms with Crippen molar-refractivity contribution in [3.63, 3.8) is 0 Å². The van der Waals surface area contributed by atoms with Gasteiger partial charge in [0.1, 0.15) is 0 Å². The van der Waals surface area contributed by atoms with Gasteiger partial charge in [-0.05, 0) is 26.0 Å². The number of hydrogen-bond acceptors (Lipinski definition) is 5. The molecule has 1 N–H and O–H groups in total. The summed E-state index contributed by atoms with van der Waals surface area (Å²) in [5, 5.41) is 3.72. The molecule has 0 aromatic carbocycles. The lowest BCUT2D eigenvalue weighted by atomic mass is 10.3. The Balaban J connectivity index is 1.94. The predicted octanol–water partition coefficient (Wildman–Crippen LogP) is -0.323. The van der Waals surface area contributed by atoms with Gasteiger partial charge in [-0.25, -0.2) is 13.2 Å². The summed E-state index contributed by atoms with van der Waals surface area (Å²) in [6, 6.07) is 1.28. The standard InChI is InChI=1S/C13H17N3O4S/c1-9-7-10(2)16(13(18)14-9)5-3-12(17)15-11-4-6-21(19,20)8-11/h4,6-7,11H,3,5,8H2,1-2H3,(H,15,17)/t11-/m1/s1. The molecule has 0 unspecified atom stereocenters. The van der Waals surface area contributed by atoms with E-state index in [9.17, 15) is 18.0 Å². The minimum absolute atomic E-state index is 0.0931. The third-order valence-corrected chi connectivity index (χ3v) is 4.58. The number of aromatic nitrogens is 2. The number of carbonyl (C=O) groups is 1. The van der Waals surface area contributed by atoms with Gasteiger partial charge in [0.05, 0.1) is 11.8 Å². The average Bonchev–Trinajstić information content (AvgIpc) is 2.67. The Kier molecular flexibility index (Phi) is 4.26. The summed E-state index contributed by atoms with van der Waals surface area (Å²) < 4.78 is 23.9. The first-order valence-electron chi connectivity index (χ1n) is 6.52. The topological polar surface area (TPSA) is 98.1 Å². The van der Waals surface area contributed by atoms with Gasteiger partial charge in [0.2, 0.25) is 5.91 Å². The monoisotopic (exact) mass is 311 g/mol. The van der Waals surface area contributed by atoms with E-state index in [1.165, 1.54) is 10.6 Å². The van der Waals surface area contributed by atoms with Crippen molar-refractivity contribution in [1.82, 2.24) is 14.9 Å². The summed E-state index contributed by atoms with van der Waals surface area (Å²) in [5.74, 6) is -0.405. The fourth-order valence-electron chi connectivity index (χ4n) is 2.20. The van der Waals surface area contributed by atoms with Crippen LogP contribution >= 0.6 is 0 Å². The van der Waals surface area contributed by atoms with Gasteiger partial charge in [-0.15, -0.1) is 0 Å². The molecule has 1 atom stereocenters. The third-order valence-electron chi connectivity index (χ3n) is 3.19. The number of sulfone groups is 1. The maximum Gasteiger partial charge on any atom is 0.347 e. The SMILES string of the molecule is Cc1cc(C)n(CCC(=O)N[C@@H]2C=CS(=O)(=O)C2)c(=O)n1. The average molecular weight is 311 g/mol. The van der Waals surface area contributed by atoms with Gasteiger partial charge in [0.15, 0.2) is 9.84 Å². The number of amides is 1. The Morgan fingerprint density at radius 1 is 1.48 bits per heavy atom. The number of aryl methyl sites for hydroxylation is 2.